The zero-order chi connectivity index (χ0) is 22.8. The molecular formula is C24H25FN4O3. The molecule has 1 aliphatic heterocycles. The second kappa shape index (κ2) is 8.90. The lowest BCUT2D eigenvalue weighted by Gasteiger charge is -2.28. The quantitative estimate of drug-likeness (QED) is 0.630. The van der Waals surface area contributed by atoms with Crippen LogP contribution in [0, 0.1) is 13.8 Å². The van der Waals surface area contributed by atoms with Crippen LogP contribution in [-0.4, -0.2) is 44.4 Å². The van der Waals surface area contributed by atoms with Gasteiger partial charge in [0.25, 0.3) is 11.5 Å². The Balaban J connectivity index is 1.86. The average molecular weight is 436 g/mol. The predicted molar refractivity (Wildman–Crippen MR) is 119 cm³/mol. The van der Waals surface area contributed by atoms with E-state index >= 15 is 0 Å². The summed E-state index contributed by atoms with van der Waals surface area (Å²) in [5, 5.41) is 4.20. The number of carbonyl (C=O) groups excluding carboxylic acids is 1. The summed E-state index contributed by atoms with van der Waals surface area (Å²) in [5.41, 5.74) is 1.51. The molecular weight excluding hydrogens is 411 g/mol. The predicted octanol–water partition coefficient (Wildman–Crippen LogP) is 2.63. The summed E-state index contributed by atoms with van der Waals surface area (Å²) >= 11 is 0. The van der Waals surface area contributed by atoms with E-state index in [9.17, 15) is 18.8 Å². The Kier molecular flexibility index (Phi) is 6.03. The first-order chi connectivity index (χ1) is 15.3. The van der Waals surface area contributed by atoms with E-state index in [2.05, 4.69) is 5.10 Å². The van der Waals surface area contributed by atoms with Gasteiger partial charge in [-0.2, -0.15) is 9.78 Å². The maximum atomic E-state index is 13.6. The highest BCUT2D eigenvalue weighted by Gasteiger charge is 2.28. The summed E-state index contributed by atoms with van der Waals surface area (Å²) in [6.45, 7) is 4.30. The Labute approximate surface area is 184 Å². The third-order valence-corrected chi connectivity index (χ3v) is 5.89. The Morgan fingerprint density at radius 2 is 1.72 bits per heavy atom. The van der Waals surface area contributed by atoms with Gasteiger partial charge in [0.05, 0.1) is 12.2 Å². The molecule has 0 unspecified atom stereocenters. The zero-order valence-corrected chi connectivity index (χ0v) is 18.1. The van der Waals surface area contributed by atoms with Gasteiger partial charge >= 0.3 is 5.69 Å². The fourth-order valence-electron chi connectivity index (χ4n) is 3.78. The number of alkyl halides is 1. The minimum absolute atomic E-state index is 0.0126. The van der Waals surface area contributed by atoms with Gasteiger partial charge in [0.15, 0.2) is 0 Å². The molecule has 0 saturated carbocycles. The fraction of sp³-hybridized carbons (Fsp3) is 0.333. The molecule has 7 nitrogen and oxygen atoms in total. The van der Waals surface area contributed by atoms with Crippen LogP contribution in [0.25, 0.3) is 5.69 Å². The maximum absolute atomic E-state index is 13.6. The summed E-state index contributed by atoms with van der Waals surface area (Å²) in [6, 6.07) is 14.5. The molecule has 32 heavy (non-hydrogen) atoms. The van der Waals surface area contributed by atoms with Crippen molar-refractivity contribution in [3.8, 4) is 5.69 Å². The van der Waals surface area contributed by atoms with E-state index in [1.807, 2.05) is 38.1 Å². The lowest BCUT2D eigenvalue weighted by Crippen LogP contribution is -2.48. The molecule has 0 N–H and O–H groups in total. The van der Waals surface area contributed by atoms with Gasteiger partial charge < -0.3 is 4.90 Å². The van der Waals surface area contributed by atoms with Gasteiger partial charge in [0.1, 0.15) is 6.17 Å². The van der Waals surface area contributed by atoms with Crippen LogP contribution in [0.1, 0.15) is 40.0 Å². The number of rotatable bonds is 4. The largest absolute Gasteiger partial charge is 0.352 e. The molecule has 2 heterocycles. The Morgan fingerprint density at radius 1 is 1.03 bits per heavy atom. The van der Waals surface area contributed by atoms with Crippen LogP contribution >= 0.6 is 0 Å². The minimum atomic E-state index is -0.953. The van der Waals surface area contributed by atoms with Crippen molar-refractivity contribution in [3.63, 3.8) is 0 Å². The lowest BCUT2D eigenvalue weighted by molar-refractivity contribution is 0.0655. The minimum Gasteiger partial charge on any atom is -0.337 e. The number of hydrogen-bond donors (Lipinski definition) is 0. The van der Waals surface area contributed by atoms with Gasteiger partial charge in [0, 0.05) is 13.1 Å². The topological polar surface area (TPSA) is 77.2 Å². The van der Waals surface area contributed by atoms with E-state index in [1.165, 1.54) is 4.90 Å². The summed E-state index contributed by atoms with van der Waals surface area (Å²) < 4.78 is 15.7. The molecule has 0 bridgehead atoms. The summed E-state index contributed by atoms with van der Waals surface area (Å²) in [7, 11) is 0. The first kappa shape index (κ1) is 21.7. The third kappa shape index (κ3) is 4.26. The molecule has 1 fully saturated rings. The van der Waals surface area contributed by atoms with E-state index < -0.39 is 23.3 Å². The third-order valence-electron chi connectivity index (χ3n) is 5.89. The van der Waals surface area contributed by atoms with Crippen molar-refractivity contribution in [1.82, 2.24) is 19.2 Å². The normalized spacial score (nSPS) is 14.5. The number of halogens is 1. The molecule has 8 heteroatoms. The highest BCUT2D eigenvalue weighted by molar-refractivity contribution is 5.91. The van der Waals surface area contributed by atoms with Gasteiger partial charge in [-0.1, -0.05) is 36.4 Å². The molecule has 0 atom stereocenters. The second-order valence-corrected chi connectivity index (χ2v) is 8.16. The highest BCUT2D eigenvalue weighted by Crippen LogP contribution is 2.15. The van der Waals surface area contributed by atoms with Gasteiger partial charge in [-0.3, -0.25) is 14.2 Å². The molecule has 1 amide bonds. The van der Waals surface area contributed by atoms with Crippen LogP contribution in [0.5, 0.6) is 0 Å². The number of aryl methyl sites for hydroxylation is 2. The number of carbonyl (C=O) groups is 1. The Hall–Kier alpha value is -3.55. The van der Waals surface area contributed by atoms with Crippen LogP contribution in [0.2, 0.25) is 0 Å². The number of piperidine rings is 1. The van der Waals surface area contributed by atoms with Crippen LogP contribution < -0.4 is 11.2 Å². The van der Waals surface area contributed by atoms with Crippen molar-refractivity contribution in [1.29, 1.82) is 0 Å². The van der Waals surface area contributed by atoms with E-state index in [4.69, 9.17) is 0 Å². The first-order valence-corrected chi connectivity index (χ1v) is 10.6. The Bertz CT molecular complexity index is 1260. The van der Waals surface area contributed by atoms with E-state index in [0.717, 1.165) is 25.9 Å². The van der Waals surface area contributed by atoms with Crippen LogP contribution in [-0.2, 0) is 6.54 Å². The molecule has 1 saturated heterocycles. The van der Waals surface area contributed by atoms with Crippen molar-refractivity contribution in [2.45, 2.75) is 39.4 Å². The Morgan fingerprint density at radius 3 is 2.38 bits per heavy atom. The van der Waals surface area contributed by atoms with Gasteiger partial charge in [-0.15, -0.1) is 0 Å². The van der Waals surface area contributed by atoms with Gasteiger partial charge in [-0.05, 0) is 55.5 Å². The standard InChI is InChI=1S/C24H25FN4O3/c1-16-8-9-20(14-17(16)2)29-24(32)28(15-18-6-4-3-5-7-18)23(31)21(26-29)22(30)27-12-10-19(25)11-13-27/h3-9,14,19H,10-13,15H2,1-2H3. The summed E-state index contributed by atoms with van der Waals surface area (Å²) in [4.78, 5) is 41.1. The number of benzene rings is 2. The van der Waals surface area contributed by atoms with Crippen LogP contribution in [0.3, 0.4) is 0 Å². The molecule has 0 radical (unpaired) electrons. The number of nitrogens with zero attached hydrogens (tertiary/aromatic N) is 4. The molecule has 3 aromatic rings. The number of hydrogen-bond acceptors (Lipinski definition) is 4. The number of aromatic nitrogens is 3. The van der Waals surface area contributed by atoms with Gasteiger partial charge in [0.2, 0.25) is 5.69 Å². The fourth-order valence-corrected chi connectivity index (χ4v) is 3.78. The molecule has 0 aliphatic carbocycles. The monoisotopic (exact) mass is 436 g/mol. The first-order valence-electron chi connectivity index (χ1n) is 10.6. The van der Waals surface area contributed by atoms with Gasteiger partial charge in [-0.25, -0.2) is 9.18 Å². The summed E-state index contributed by atoms with van der Waals surface area (Å²) in [6.07, 6.45) is -0.507. The van der Waals surface area contributed by atoms with E-state index in [-0.39, 0.29) is 38.2 Å². The molecule has 2 aromatic carbocycles. The molecule has 166 valence electrons. The van der Waals surface area contributed by atoms with Crippen molar-refractivity contribution >= 4 is 5.91 Å². The van der Waals surface area contributed by atoms with Crippen molar-refractivity contribution in [3.05, 3.63) is 91.8 Å². The van der Waals surface area contributed by atoms with Crippen molar-refractivity contribution in [2.75, 3.05) is 13.1 Å². The maximum Gasteiger partial charge on any atom is 0.352 e. The number of likely N-dealkylation sites (tertiary alicyclic amines) is 1. The molecule has 1 aromatic heterocycles. The van der Waals surface area contributed by atoms with Crippen molar-refractivity contribution in [2.24, 2.45) is 0 Å². The lowest BCUT2D eigenvalue weighted by atomic mass is 10.1. The molecule has 0 spiro atoms. The average Bonchev–Trinajstić information content (AvgIpc) is 2.79. The van der Waals surface area contributed by atoms with E-state index in [0.29, 0.717) is 5.69 Å². The van der Waals surface area contributed by atoms with Crippen molar-refractivity contribution < 1.29 is 9.18 Å². The van der Waals surface area contributed by atoms with Crippen LogP contribution in [0.15, 0.2) is 58.1 Å². The molecule has 4 rings (SSSR count). The highest BCUT2D eigenvalue weighted by atomic mass is 19.1. The second-order valence-electron chi connectivity index (χ2n) is 8.16. The summed E-state index contributed by atoms with van der Waals surface area (Å²) in [5.74, 6) is -0.582. The van der Waals surface area contributed by atoms with Crippen LogP contribution in [0.4, 0.5) is 4.39 Å². The zero-order valence-electron chi connectivity index (χ0n) is 18.1. The smallest absolute Gasteiger partial charge is 0.337 e. The molecule has 1 aliphatic rings. The van der Waals surface area contributed by atoms with E-state index in [1.54, 1.807) is 24.3 Å². The SMILES string of the molecule is Cc1ccc(-n2nc(C(=O)N3CCC(F)CC3)c(=O)n(Cc3ccccc3)c2=O)cc1C. The number of amides is 1.